The molecule has 2 aromatic heterocycles. The first kappa shape index (κ1) is 11.2. The van der Waals surface area contributed by atoms with E-state index >= 15 is 0 Å². The summed E-state index contributed by atoms with van der Waals surface area (Å²) in [6.07, 6.45) is 3.89. The van der Waals surface area contributed by atoms with Gasteiger partial charge >= 0.3 is 5.97 Å². The van der Waals surface area contributed by atoms with Crippen molar-refractivity contribution in [3.8, 4) is 11.4 Å². The first-order valence-corrected chi connectivity index (χ1v) is 5.21. The molecular formula is C9H12N6O2. The van der Waals surface area contributed by atoms with Gasteiger partial charge in [-0.1, -0.05) is 6.92 Å². The molecule has 0 aliphatic carbocycles. The Bertz CT molecular complexity index is 491. The van der Waals surface area contributed by atoms with Gasteiger partial charge in [-0.25, -0.2) is 4.68 Å². The lowest BCUT2D eigenvalue weighted by Crippen LogP contribution is -2.15. The minimum atomic E-state index is -0.870. The zero-order valence-electron chi connectivity index (χ0n) is 9.24. The van der Waals surface area contributed by atoms with Gasteiger partial charge in [0.1, 0.15) is 0 Å². The van der Waals surface area contributed by atoms with Crippen molar-refractivity contribution in [1.29, 1.82) is 0 Å². The second-order valence-electron chi connectivity index (χ2n) is 3.59. The quantitative estimate of drug-likeness (QED) is 0.781. The van der Waals surface area contributed by atoms with Crippen LogP contribution in [0, 0.1) is 0 Å². The number of nitrogens with one attached hydrogen (secondary N) is 1. The molecule has 8 heteroatoms. The number of tetrazole rings is 1. The number of carbonyl (C=O) groups is 1. The fourth-order valence-electron chi connectivity index (χ4n) is 1.61. The SMILES string of the molecule is CCC(CC(=O)O)n1nnnc1-c1cn[nH]c1. The zero-order valence-corrected chi connectivity index (χ0v) is 9.24. The number of carboxylic acid groups (broad SMARTS) is 1. The molecule has 2 heterocycles. The molecule has 0 spiro atoms. The van der Waals surface area contributed by atoms with Gasteiger partial charge in [0.2, 0.25) is 0 Å². The maximum atomic E-state index is 10.8. The van der Waals surface area contributed by atoms with Gasteiger partial charge in [0, 0.05) is 6.20 Å². The summed E-state index contributed by atoms with van der Waals surface area (Å²) >= 11 is 0. The third kappa shape index (κ3) is 2.30. The van der Waals surface area contributed by atoms with Crippen LogP contribution in [0.1, 0.15) is 25.8 Å². The molecular weight excluding hydrogens is 224 g/mol. The van der Waals surface area contributed by atoms with Gasteiger partial charge in [-0.15, -0.1) is 5.10 Å². The number of rotatable bonds is 5. The Morgan fingerprint density at radius 3 is 3.06 bits per heavy atom. The molecule has 17 heavy (non-hydrogen) atoms. The number of aromatic amines is 1. The largest absolute Gasteiger partial charge is 0.481 e. The molecule has 8 nitrogen and oxygen atoms in total. The van der Waals surface area contributed by atoms with Crippen molar-refractivity contribution in [2.45, 2.75) is 25.8 Å². The van der Waals surface area contributed by atoms with Gasteiger partial charge in [-0.2, -0.15) is 5.10 Å². The molecule has 0 fully saturated rings. The molecule has 0 amide bonds. The van der Waals surface area contributed by atoms with E-state index in [1.165, 1.54) is 4.68 Å². The number of carboxylic acids is 1. The highest BCUT2D eigenvalue weighted by Gasteiger charge is 2.19. The number of nitrogens with zero attached hydrogens (tertiary/aromatic N) is 5. The maximum absolute atomic E-state index is 10.8. The summed E-state index contributed by atoms with van der Waals surface area (Å²) in [5.74, 6) is -0.350. The van der Waals surface area contributed by atoms with E-state index in [1.54, 1.807) is 12.4 Å². The number of hydrogen-bond acceptors (Lipinski definition) is 5. The molecule has 0 bridgehead atoms. The summed E-state index contributed by atoms with van der Waals surface area (Å²) in [4.78, 5) is 10.8. The van der Waals surface area contributed by atoms with Crippen LogP contribution >= 0.6 is 0 Å². The first-order valence-electron chi connectivity index (χ1n) is 5.21. The van der Waals surface area contributed by atoms with Gasteiger partial charge in [-0.3, -0.25) is 9.89 Å². The average molecular weight is 236 g/mol. The minimum absolute atomic E-state index is 0.00755. The number of H-pyrrole nitrogens is 1. The third-order valence-electron chi connectivity index (χ3n) is 2.48. The summed E-state index contributed by atoms with van der Waals surface area (Å²) in [6, 6.07) is -0.257. The van der Waals surface area contributed by atoms with E-state index in [9.17, 15) is 4.79 Å². The fraction of sp³-hybridized carbons (Fsp3) is 0.444. The third-order valence-corrected chi connectivity index (χ3v) is 2.48. The second-order valence-corrected chi connectivity index (χ2v) is 3.59. The van der Waals surface area contributed by atoms with Crippen molar-refractivity contribution in [2.24, 2.45) is 0 Å². The smallest absolute Gasteiger partial charge is 0.305 e. The highest BCUT2D eigenvalue weighted by molar-refractivity contribution is 5.67. The maximum Gasteiger partial charge on any atom is 0.305 e. The van der Waals surface area contributed by atoms with Crippen molar-refractivity contribution >= 4 is 5.97 Å². The van der Waals surface area contributed by atoms with Crippen LogP contribution in [0.25, 0.3) is 11.4 Å². The van der Waals surface area contributed by atoms with Crippen LogP contribution in [0.5, 0.6) is 0 Å². The van der Waals surface area contributed by atoms with Crippen LogP contribution in [0.15, 0.2) is 12.4 Å². The Hall–Kier alpha value is -2.25. The lowest BCUT2D eigenvalue weighted by atomic mass is 10.1. The lowest BCUT2D eigenvalue weighted by molar-refractivity contribution is -0.138. The molecule has 2 rings (SSSR count). The van der Waals surface area contributed by atoms with E-state index in [0.29, 0.717) is 12.2 Å². The van der Waals surface area contributed by atoms with E-state index in [-0.39, 0.29) is 12.5 Å². The average Bonchev–Trinajstić information content (AvgIpc) is 2.94. The molecule has 0 saturated carbocycles. The summed E-state index contributed by atoms with van der Waals surface area (Å²) in [6.45, 7) is 1.90. The Kier molecular flexibility index (Phi) is 3.12. The summed E-state index contributed by atoms with van der Waals surface area (Å²) in [5.41, 5.74) is 0.735. The standard InChI is InChI=1S/C9H12N6O2/c1-2-7(3-8(16)17)15-9(12-13-14-15)6-4-10-11-5-6/h4-5,7H,2-3H2,1H3,(H,10,11)(H,16,17). The normalized spacial score (nSPS) is 12.5. The van der Waals surface area contributed by atoms with E-state index in [0.717, 1.165) is 5.56 Å². The van der Waals surface area contributed by atoms with Crippen LogP contribution in [0.3, 0.4) is 0 Å². The van der Waals surface area contributed by atoms with E-state index in [4.69, 9.17) is 5.11 Å². The highest BCUT2D eigenvalue weighted by atomic mass is 16.4. The van der Waals surface area contributed by atoms with Gasteiger partial charge < -0.3 is 5.11 Å². The van der Waals surface area contributed by atoms with Crippen LogP contribution in [0.4, 0.5) is 0 Å². The first-order chi connectivity index (χ1) is 8.22. The Balaban J connectivity index is 2.32. The summed E-state index contributed by atoms with van der Waals surface area (Å²) in [7, 11) is 0. The molecule has 0 aliphatic rings. The van der Waals surface area contributed by atoms with Crippen LogP contribution < -0.4 is 0 Å². The van der Waals surface area contributed by atoms with Gasteiger partial charge in [-0.05, 0) is 16.8 Å². The van der Waals surface area contributed by atoms with Crippen molar-refractivity contribution in [3.05, 3.63) is 12.4 Å². The topological polar surface area (TPSA) is 110 Å². The summed E-state index contributed by atoms with van der Waals surface area (Å²) < 4.78 is 1.53. The van der Waals surface area contributed by atoms with E-state index < -0.39 is 5.97 Å². The van der Waals surface area contributed by atoms with Crippen molar-refractivity contribution in [3.63, 3.8) is 0 Å². The van der Waals surface area contributed by atoms with E-state index in [1.807, 2.05) is 6.92 Å². The Labute approximate surface area is 96.6 Å². The highest BCUT2D eigenvalue weighted by Crippen LogP contribution is 2.21. The number of aliphatic carboxylic acids is 1. The predicted molar refractivity (Wildman–Crippen MR) is 57.0 cm³/mol. The van der Waals surface area contributed by atoms with E-state index in [2.05, 4.69) is 25.7 Å². The number of hydrogen-bond donors (Lipinski definition) is 2. The van der Waals surface area contributed by atoms with Gasteiger partial charge in [0.05, 0.1) is 24.2 Å². The molecule has 0 radical (unpaired) electrons. The summed E-state index contributed by atoms with van der Waals surface area (Å²) in [5, 5.41) is 26.6. The van der Waals surface area contributed by atoms with Crippen molar-refractivity contribution in [1.82, 2.24) is 30.4 Å². The van der Waals surface area contributed by atoms with Gasteiger partial charge in [0.25, 0.3) is 0 Å². The monoisotopic (exact) mass is 236 g/mol. The van der Waals surface area contributed by atoms with Crippen LogP contribution in [-0.2, 0) is 4.79 Å². The Morgan fingerprint density at radius 2 is 2.47 bits per heavy atom. The molecule has 90 valence electrons. The Morgan fingerprint density at radius 1 is 1.65 bits per heavy atom. The molecule has 1 unspecified atom stereocenters. The zero-order chi connectivity index (χ0) is 12.3. The minimum Gasteiger partial charge on any atom is -0.481 e. The van der Waals surface area contributed by atoms with Crippen molar-refractivity contribution < 1.29 is 9.90 Å². The fourth-order valence-corrected chi connectivity index (χ4v) is 1.61. The van der Waals surface area contributed by atoms with Crippen LogP contribution in [-0.4, -0.2) is 41.5 Å². The molecule has 0 aromatic carbocycles. The van der Waals surface area contributed by atoms with Crippen LogP contribution in [0.2, 0.25) is 0 Å². The van der Waals surface area contributed by atoms with Gasteiger partial charge in [0.15, 0.2) is 5.82 Å². The molecule has 0 aliphatic heterocycles. The lowest BCUT2D eigenvalue weighted by Gasteiger charge is -2.13. The number of aromatic nitrogens is 6. The molecule has 1 atom stereocenters. The molecule has 2 aromatic rings. The predicted octanol–water partition coefficient (Wildman–Crippen LogP) is 0.489. The van der Waals surface area contributed by atoms with Crippen molar-refractivity contribution in [2.75, 3.05) is 0 Å². The molecule has 2 N–H and O–H groups in total. The molecule has 0 saturated heterocycles. The second kappa shape index (κ2) is 4.73.